The van der Waals surface area contributed by atoms with Gasteiger partial charge in [0.15, 0.2) is 5.82 Å². The van der Waals surface area contributed by atoms with Gasteiger partial charge in [0.25, 0.3) is 0 Å². The number of hydrogen-bond donors (Lipinski definition) is 1. The Morgan fingerprint density at radius 1 is 0.818 bits per heavy atom. The van der Waals surface area contributed by atoms with E-state index in [1.807, 2.05) is 24.3 Å². The highest BCUT2D eigenvalue weighted by Crippen LogP contribution is 2.32. The van der Waals surface area contributed by atoms with Crippen LogP contribution in [0.3, 0.4) is 0 Å². The summed E-state index contributed by atoms with van der Waals surface area (Å²) in [6.45, 7) is 0. The molecule has 164 valence electrons. The van der Waals surface area contributed by atoms with Crippen LogP contribution in [0.4, 0.5) is 10.2 Å². The molecule has 3 aromatic carbocycles. The summed E-state index contributed by atoms with van der Waals surface area (Å²) in [5, 5.41) is 2.98. The molecule has 0 aliphatic heterocycles. The molecule has 0 radical (unpaired) electrons. The molecule has 1 N–H and O–H groups in total. The van der Waals surface area contributed by atoms with Gasteiger partial charge in [0.05, 0.1) is 23.5 Å². The van der Waals surface area contributed by atoms with Crippen molar-refractivity contribution < 1.29 is 9.18 Å². The summed E-state index contributed by atoms with van der Waals surface area (Å²) >= 11 is 0. The number of hydrogen-bond acceptors (Lipinski definition) is 3. The number of carbonyl (C=O) groups is 1. The van der Waals surface area contributed by atoms with Gasteiger partial charge in [-0.3, -0.25) is 4.79 Å². The highest BCUT2D eigenvalue weighted by Gasteiger charge is 2.22. The number of carbonyl (C=O) groups excluding carboxylic acids is 1. The summed E-state index contributed by atoms with van der Waals surface area (Å²) in [5.74, 6) is 0.0207. The molecular formula is C28H24FN3O. The smallest absolute Gasteiger partial charge is 0.229 e. The molecule has 5 heteroatoms. The number of nitrogens with zero attached hydrogens (tertiary/aromatic N) is 2. The molecular weight excluding hydrogens is 413 g/mol. The van der Waals surface area contributed by atoms with E-state index >= 15 is 0 Å². The Labute approximate surface area is 192 Å². The first-order valence-corrected chi connectivity index (χ1v) is 11.2. The lowest BCUT2D eigenvalue weighted by Crippen LogP contribution is -2.20. The number of fused-ring (bicyclic) bond motifs is 3. The van der Waals surface area contributed by atoms with Gasteiger partial charge in [0.1, 0.15) is 5.82 Å². The predicted molar refractivity (Wildman–Crippen MR) is 127 cm³/mol. The third-order valence-electron chi connectivity index (χ3n) is 5.97. The average molecular weight is 438 g/mol. The van der Waals surface area contributed by atoms with Crippen molar-refractivity contribution in [2.45, 2.75) is 32.1 Å². The van der Waals surface area contributed by atoms with Crippen molar-refractivity contribution in [1.29, 1.82) is 0 Å². The summed E-state index contributed by atoms with van der Waals surface area (Å²) < 4.78 is 13.2. The van der Waals surface area contributed by atoms with E-state index in [1.165, 1.54) is 23.3 Å². The zero-order chi connectivity index (χ0) is 22.6. The van der Waals surface area contributed by atoms with E-state index in [4.69, 9.17) is 9.97 Å². The van der Waals surface area contributed by atoms with Gasteiger partial charge in [-0.25, -0.2) is 14.4 Å². The molecule has 0 fully saturated rings. The maximum Gasteiger partial charge on any atom is 0.229 e. The average Bonchev–Trinajstić information content (AvgIpc) is 2.84. The molecule has 1 aromatic heterocycles. The van der Waals surface area contributed by atoms with Crippen LogP contribution in [0.5, 0.6) is 0 Å². The molecule has 1 amide bonds. The molecule has 0 spiro atoms. The van der Waals surface area contributed by atoms with Gasteiger partial charge in [0.2, 0.25) is 5.91 Å². The standard InChI is InChI=1S/C28H24FN3O/c29-22-14-10-20(11-15-22)18-26(33)32-28-25(16-12-19-6-2-1-3-7-19)30-27-23-9-5-4-8-21(23)13-17-24(27)31-28/h1-11,14-15H,12-13,16-18H2,(H,31,32,33). The lowest BCUT2D eigenvalue weighted by atomic mass is 9.91. The van der Waals surface area contributed by atoms with Crippen LogP contribution in [0.15, 0.2) is 78.9 Å². The fourth-order valence-corrected chi connectivity index (χ4v) is 4.26. The molecule has 0 atom stereocenters. The van der Waals surface area contributed by atoms with Gasteiger partial charge in [-0.2, -0.15) is 0 Å². The van der Waals surface area contributed by atoms with E-state index in [1.54, 1.807) is 12.1 Å². The number of benzene rings is 3. The minimum Gasteiger partial charge on any atom is -0.309 e. The quantitative estimate of drug-likeness (QED) is 0.443. The van der Waals surface area contributed by atoms with Gasteiger partial charge in [0, 0.05) is 5.56 Å². The van der Waals surface area contributed by atoms with Crippen LogP contribution >= 0.6 is 0 Å². The monoisotopic (exact) mass is 437 g/mol. The Bertz CT molecular complexity index is 1290. The summed E-state index contributed by atoms with van der Waals surface area (Å²) in [5.41, 5.74) is 6.96. The lowest BCUT2D eigenvalue weighted by Gasteiger charge is -2.21. The highest BCUT2D eigenvalue weighted by molar-refractivity contribution is 5.92. The molecule has 0 saturated carbocycles. The largest absolute Gasteiger partial charge is 0.309 e. The second kappa shape index (κ2) is 9.33. The van der Waals surface area contributed by atoms with Gasteiger partial charge in [-0.1, -0.05) is 66.7 Å². The van der Waals surface area contributed by atoms with Gasteiger partial charge in [-0.05, 0) is 54.5 Å². The first-order chi connectivity index (χ1) is 16.2. The Morgan fingerprint density at radius 2 is 1.58 bits per heavy atom. The van der Waals surface area contributed by atoms with E-state index in [0.717, 1.165) is 47.5 Å². The van der Waals surface area contributed by atoms with Crippen LogP contribution in [0, 0.1) is 5.82 Å². The second-order valence-electron chi connectivity index (χ2n) is 8.31. The van der Waals surface area contributed by atoms with Crippen LogP contribution in [0.2, 0.25) is 0 Å². The predicted octanol–water partition coefficient (Wildman–Crippen LogP) is 5.35. The molecule has 0 unspecified atom stereocenters. The maximum atomic E-state index is 13.2. The highest BCUT2D eigenvalue weighted by atomic mass is 19.1. The lowest BCUT2D eigenvalue weighted by molar-refractivity contribution is -0.115. The van der Waals surface area contributed by atoms with E-state index in [-0.39, 0.29) is 18.1 Å². The van der Waals surface area contributed by atoms with Gasteiger partial charge >= 0.3 is 0 Å². The topological polar surface area (TPSA) is 54.9 Å². The van der Waals surface area contributed by atoms with Crippen molar-refractivity contribution in [2.24, 2.45) is 0 Å². The SMILES string of the molecule is O=C(Cc1ccc(F)cc1)Nc1nc2c(nc1CCc1ccccc1)-c1ccccc1CC2. The molecule has 0 bridgehead atoms. The zero-order valence-electron chi connectivity index (χ0n) is 18.2. The van der Waals surface area contributed by atoms with Crippen LogP contribution in [0.25, 0.3) is 11.3 Å². The van der Waals surface area contributed by atoms with Crippen molar-refractivity contribution in [1.82, 2.24) is 9.97 Å². The number of aromatic nitrogens is 2. The van der Waals surface area contributed by atoms with Crippen LogP contribution in [-0.4, -0.2) is 15.9 Å². The molecule has 4 nitrogen and oxygen atoms in total. The number of rotatable bonds is 6. The Balaban J connectivity index is 1.45. The Hall–Kier alpha value is -3.86. The molecule has 1 aliphatic carbocycles. The molecule has 4 aromatic rings. The normalized spacial score (nSPS) is 12.0. The summed E-state index contributed by atoms with van der Waals surface area (Å²) in [6.07, 6.45) is 3.32. The first kappa shape index (κ1) is 21.0. The Kier molecular flexibility index (Phi) is 5.94. The van der Waals surface area contributed by atoms with E-state index in [2.05, 4.69) is 35.6 Å². The van der Waals surface area contributed by atoms with Crippen LogP contribution in [-0.2, 0) is 36.9 Å². The fourth-order valence-electron chi connectivity index (χ4n) is 4.26. The minimum atomic E-state index is -0.316. The minimum absolute atomic E-state index is 0.153. The molecule has 5 rings (SSSR count). The van der Waals surface area contributed by atoms with Crippen molar-refractivity contribution >= 4 is 11.7 Å². The van der Waals surface area contributed by atoms with E-state index < -0.39 is 0 Å². The van der Waals surface area contributed by atoms with Gasteiger partial charge < -0.3 is 5.32 Å². The van der Waals surface area contributed by atoms with Crippen molar-refractivity contribution in [3.8, 4) is 11.3 Å². The number of aryl methyl sites for hydroxylation is 4. The first-order valence-electron chi connectivity index (χ1n) is 11.2. The van der Waals surface area contributed by atoms with E-state index in [9.17, 15) is 9.18 Å². The number of anilines is 1. The van der Waals surface area contributed by atoms with Gasteiger partial charge in [-0.15, -0.1) is 0 Å². The molecule has 33 heavy (non-hydrogen) atoms. The number of halogens is 1. The zero-order valence-corrected chi connectivity index (χ0v) is 18.2. The number of amides is 1. The summed E-state index contributed by atoms with van der Waals surface area (Å²) in [7, 11) is 0. The third kappa shape index (κ3) is 4.82. The van der Waals surface area contributed by atoms with Crippen LogP contribution in [0.1, 0.15) is 28.1 Å². The van der Waals surface area contributed by atoms with Crippen LogP contribution < -0.4 is 5.32 Å². The third-order valence-corrected chi connectivity index (χ3v) is 5.97. The van der Waals surface area contributed by atoms with E-state index in [0.29, 0.717) is 12.2 Å². The van der Waals surface area contributed by atoms with Crippen molar-refractivity contribution in [3.63, 3.8) is 0 Å². The maximum absolute atomic E-state index is 13.2. The summed E-state index contributed by atoms with van der Waals surface area (Å²) in [6, 6.07) is 24.5. The molecule has 1 heterocycles. The molecule has 0 saturated heterocycles. The summed E-state index contributed by atoms with van der Waals surface area (Å²) in [4.78, 5) is 22.7. The number of nitrogens with one attached hydrogen (secondary N) is 1. The Morgan fingerprint density at radius 3 is 2.39 bits per heavy atom. The fraction of sp³-hybridized carbons (Fsp3) is 0.179. The van der Waals surface area contributed by atoms with Crippen molar-refractivity contribution in [2.75, 3.05) is 5.32 Å². The molecule has 1 aliphatic rings. The van der Waals surface area contributed by atoms with Crippen molar-refractivity contribution in [3.05, 3.63) is 113 Å². The second-order valence-corrected chi connectivity index (χ2v) is 8.31.